The Bertz CT molecular complexity index is 1660. The summed E-state index contributed by atoms with van der Waals surface area (Å²) in [6, 6.07) is 27.8. The molecule has 3 aliphatic carbocycles. The Morgan fingerprint density at radius 1 is 0.780 bits per heavy atom. The van der Waals surface area contributed by atoms with Gasteiger partial charge >= 0.3 is 0 Å². The lowest BCUT2D eigenvalue weighted by Gasteiger charge is -2.45. The fourth-order valence-corrected chi connectivity index (χ4v) is 6.92. The Labute approximate surface area is 239 Å². The number of halogens is 1. The van der Waals surface area contributed by atoms with Crippen LogP contribution in [0.3, 0.4) is 0 Å². The lowest BCUT2D eigenvalue weighted by Crippen LogP contribution is -2.50. The zero-order valence-corrected chi connectivity index (χ0v) is 22.3. The van der Waals surface area contributed by atoms with E-state index in [1.54, 1.807) is 24.3 Å². The molecule has 0 unspecified atom stereocenters. The van der Waals surface area contributed by atoms with Gasteiger partial charge in [0.05, 0.1) is 23.3 Å². The first-order chi connectivity index (χ1) is 19.8. The topological polar surface area (TPSA) is 101 Å². The highest BCUT2D eigenvalue weighted by Crippen LogP contribution is 2.61. The van der Waals surface area contributed by atoms with Crippen molar-refractivity contribution in [3.63, 3.8) is 0 Å². The van der Waals surface area contributed by atoms with E-state index in [0.29, 0.717) is 10.6 Å². The highest BCUT2D eigenvalue weighted by molar-refractivity contribution is 6.30. The number of hydrogen-bond acceptors (Lipinski definition) is 5. The van der Waals surface area contributed by atoms with Gasteiger partial charge in [-0.3, -0.25) is 24.5 Å². The molecule has 0 saturated carbocycles. The van der Waals surface area contributed by atoms with Gasteiger partial charge in [-0.15, -0.1) is 0 Å². The van der Waals surface area contributed by atoms with Crippen LogP contribution in [-0.2, 0) is 16.1 Å². The first-order valence-corrected chi connectivity index (χ1v) is 13.6. The first-order valence-electron chi connectivity index (χ1n) is 13.2. The number of nitro groups is 1. The molecule has 1 aliphatic heterocycles. The summed E-state index contributed by atoms with van der Waals surface area (Å²) in [5, 5.41) is 14.1. The van der Waals surface area contributed by atoms with Gasteiger partial charge in [0, 0.05) is 34.6 Å². The van der Waals surface area contributed by atoms with Crippen molar-refractivity contribution >= 4 is 35.0 Å². The summed E-state index contributed by atoms with van der Waals surface area (Å²) < 4.78 is 0. The number of carbonyl (C=O) groups is 3. The highest BCUT2D eigenvalue weighted by Gasteiger charge is 2.63. The zero-order valence-electron chi connectivity index (χ0n) is 21.5. The number of nitro benzene ring substituents is 1. The minimum absolute atomic E-state index is 0.00169. The van der Waals surface area contributed by atoms with Crippen LogP contribution >= 0.6 is 11.6 Å². The van der Waals surface area contributed by atoms with Crippen LogP contribution in [0.1, 0.15) is 50.0 Å². The number of nitrogens with zero attached hydrogens (tertiary/aromatic N) is 3. The van der Waals surface area contributed by atoms with E-state index in [4.69, 9.17) is 11.6 Å². The fourth-order valence-electron chi connectivity index (χ4n) is 6.80. The third-order valence-electron chi connectivity index (χ3n) is 8.45. The maximum atomic E-state index is 14.3. The van der Waals surface area contributed by atoms with Gasteiger partial charge in [0.15, 0.2) is 0 Å². The van der Waals surface area contributed by atoms with Gasteiger partial charge in [-0.25, -0.2) is 5.01 Å². The molecule has 0 N–H and O–H groups in total. The van der Waals surface area contributed by atoms with Crippen molar-refractivity contribution in [2.75, 3.05) is 0 Å². The number of benzene rings is 4. The Hall–Kier alpha value is -4.82. The summed E-state index contributed by atoms with van der Waals surface area (Å²) in [6.07, 6.45) is 0. The van der Waals surface area contributed by atoms with Crippen LogP contribution < -0.4 is 0 Å². The van der Waals surface area contributed by atoms with Crippen LogP contribution in [0.5, 0.6) is 0 Å². The maximum Gasteiger partial charge on any atom is 0.273 e. The van der Waals surface area contributed by atoms with Gasteiger partial charge in [-0.2, -0.15) is 5.01 Å². The van der Waals surface area contributed by atoms with Crippen molar-refractivity contribution in [3.8, 4) is 0 Å². The van der Waals surface area contributed by atoms with E-state index in [1.165, 1.54) is 18.2 Å². The lowest BCUT2D eigenvalue weighted by molar-refractivity contribution is -0.384. The summed E-state index contributed by atoms with van der Waals surface area (Å²) in [7, 11) is 0. The smallest absolute Gasteiger partial charge is 0.272 e. The molecule has 2 atom stereocenters. The monoisotopic (exact) mass is 563 g/mol. The molecule has 1 saturated heterocycles. The molecule has 202 valence electrons. The predicted molar refractivity (Wildman–Crippen MR) is 150 cm³/mol. The molecule has 4 aromatic rings. The summed E-state index contributed by atoms with van der Waals surface area (Å²) in [5.74, 6) is -3.61. The maximum absolute atomic E-state index is 14.3. The van der Waals surface area contributed by atoms with Crippen molar-refractivity contribution in [2.45, 2.75) is 18.4 Å². The molecule has 0 spiro atoms. The van der Waals surface area contributed by atoms with Gasteiger partial charge < -0.3 is 0 Å². The first kappa shape index (κ1) is 25.2. The second-order valence-corrected chi connectivity index (χ2v) is 11.0. The van der Waals surface area contributed by atoms with Gasteiger partial charge in [-0.05, 0) is 46.0 Å². The molecule has 8 rings (SSSR count). The largest absolute Gasteiger partial charge is 0.273 e. The molecule has 0 aromatic heterocycles. The number of imide groups is 1. The Morgan fingerprint density at radius 2 is 1.29 bits per heavy atom. The molecule has 8 nitrogen and oxygen atoms in total. The van der Waals surface area contributed by atoms with E-state index in [-0.39, 0.29) is 29.6 Å². The summed E-state index contributed by atoms with van der Waals surface area (Å²) >= 11 is 6.07. The van der Waals surface area contributed by atoms with Gasteiger partial charge in [0.25, 0.3) is 23.4 Å². The molecular weight excluding hydrogens is 542 g/mol. The molecule has 1 heterocycles. The van der Waals surface area contributed by atoms with Gasteiger partial charge in [0.2, 0.25) is 0 Å². The number of rotatable bonds is 5. The highest BCUT2D eigenvalue weighted by atomic mass is 35.5. The minimum atomic E-state index is -0.689. The van der Waals surface area contributed by atoms with Crippen molar-refractivity contribution in [2.24, 2.45) is 11.8 Å². The van der Waals surface area contributed by atoms with Crippen LogP contribution in [0.15, 0.2) is 97.1 Å². The molecule has 2 bridgehead atoms. The van der Waals surface area contributed by atoms with E-state index >= 15 is 0 Å². The molecule has 0 radical (unpaired) electrons. The summed E-state index contributed by atoms with van der Waals surface area (Å²) in [6.45, 7) is -0.106. The van der Waals surface area contributed by atoms with Gasteiger partial charge in [0.1, 0.15) is 0 Å². The fraction of sp³-hybridized carbons (Fsp3) is 0.156. The number of non-ortho nitro benzene ring substituents is 1. The average molecular weight is 564 g/mol. The van der Waals surface area contributed by atoms with E-state index in [0.717, 1.165) is 38.3 Å². The van der Waals surface area contributed by atoms with Crippen molar-refractivity contribution in [1.29, 1.82) is 0 Å². The second kappa shape index (κ2) is 9.38. The van der Waals surface area contributed by atoms with Crippen LogP contribution in [0.2, 0.25) is 5.02 Å². The predicted octanol–water partition coefficient (Wildman–Crippen LogP) is 5.70. The Morgan fingerprint density at radius 3 is 1.78 bits per heavy atom. The second-order valence-electron chi connectivity index (χ2n) is 10.5. The number of hydrazine groups is 1. The van der Waals surface area contributed by atoms with Crippen LogP contribution in [0, 0.1) is 22.0 Å². The molecule has 4 aromatic carbocycles. The van der Waals surface area contributed by atoms with Crippen LogP contribution in [0.25, 0.3) is 0 Å². The standard InChI is InChI=1S/C32H22ClN3O5/c33-20-14-12-18(13-15-20)17-34(30(37)19-6-5-7-21(16-19)36(40)41)35-31(38)28-26-22-8-1-2-9-23(22)27(29(28)32(35)39)25-11-4-3-10-24(25)26/h1-16,26-29H,17H2/t26?,27?,28-,29-/m0/s1. The Balaban J connectivity index is 1.35. The molecule has 9 heteroatoms. The van der Waals surface area contributed by atoms with E-state index in [9.17, 15) is 24.5 Å². The molecule has 3 amide bonds. The third kappa shape index (κ3) is 3.78. The van der Waals surface area contributed by atoms with Crippen molar-refractivity contribution < 1.29 is 19.3 Å². The van der Waals surface area contributed by atoms with Crippen LogP contribution in [0.4, 0.5) is 5.69 Å². The van der Waals surface area contributed by atoms with E-state index in [1.807, 2.05) is 48.5 Å². The summed E-state index contributed by atoms with van der Waals surface area (Å²) in [4.78, 5) is 53.6. The van der Waals surface area contributed by atoms with E-state index in [2.05, 4.69) is 0 Å². The quantitative estimate of drug-likeness (QED) is 0.176. The minimum Gasteiger partial charge on any atom is -0.272 e. The van der Waals surface area contributed by atoms with Crippen molar-refractivity contribution in [1.82, 2.24) is 10.0 Å². The number of amides is 3. The van der Waals surface area contributed by atoms with E-state index < -0.39 is 34.5 Å². The third-order valence-corrected chi connectivity index (χ3v) is 8.70. The average Bonchev–Trinajstić information content (AvgIpc) is 3.26. The normalized spacial score (nSPS) is 21.7. The Kier molecular flexibility index (Phi) is 5.76. The molecular formula is C32H22ClN3O5. The van der Waals surface area contributed by atoms with Crippen molar-refractivity contribution in [3.05, 3.63) is 146 Å². The SMILES string of the molecule is O=C(c1cccc([N+](=O)[O-])c1)N(Cc1ccc(Cl)cc1)N1C(=O)[C@H]2C3c4ccccc4C(c4ccccc43)[C@@H]2C1=O. The zero-order chi connectivity index (χ0) is 28.4. The number of carbonyl (C=O) groups excluding carboxylic acids is 3. The lowest BCUT2D eigenvalue weighted by atomic mass is 9.55. The number of hydrogen-bond donors (Lipinski definition) is 0. The summed E-state index contributed by atoms with van der Waals surface area (Å²) in [5.41, 5.74) is 4.46. The molecule has 1 fully saturated rings. The molecule has 41 heavy (non-hydrogen) atoms. The molecule has 4 aliphatic rings. The van der Waals surface area contributed by atoms with Crippen LogP contribution in [-0.4, -0.2) is 32.7 Å². The van der Waals surface area contributed by atoms with Gasteiger partial charge in [-0.1, -0.05) is 78.3 Å².